The van der Waals surface area contributed by atoms with Crippen molar-refractivity contribution < 1.29 is 18.0 Å². The first kappa shape index (κ1) is 22.6. The molecule has 0 bridgehead atoms. The van der Waals surface area contributed by atoms with Crippen molar-refractivity contribution in [1.29, 1.82) is 0 Å². The molecule has 0 saturated carbocycles. The van der Waals surface area contributed by atoms with Gasteiger partial charge in [-0.3, -0.25) is 9.69 Å². The van der Waals surface area contributed by atoms with Gasteiger partial charge in [-0.15, -0.1) is 10.2 Å². The van der Waals surface area contributed by atoms with E-state index in [4.69, 9.17) is 0 Å². The van der Waals surface area contributed by atoms with Crippen molar-refractivity contribution in [1.82, 2.24) is 25.1 Å². The number of hydrogen-bond acceptors (Lipinski definition) is 6. The normalized spacial score (nSPS) is 15.5. The number of halogens is 3. The number of rotatable bonds is 5. The predicted octanol–water partition coefficient (Wildman–Crippen LogP) is 3.85. The standard InChI is InChI=1S/C24H22F3N7O/c1-3-29-20-9-14(17-11-28-8-7-15(17)22-32-30-13-33(22)2)10-21(31-20)34-12-18-16(23(34)35)5-4-6-19(18)24(25,26)27/h4-7,9-11,13,28H,3,8,12H2,1-2H3,(H,29,31). The molecule has 0 atom stereocenters. The fraction of sp³-hybridized carbons (Fsp3) is 0.250. The molecule has 1 amide bonds. The van der Waals surface area contributed by atoms with Gasteiger partial charge in [-0.2, -0.15) is 13.2 Å². The number of hydrogen-bond donors (Lipinski definition) is 2. The number of carbonyl (C=O) groups is 1. The number of aryl methyl sites for hydroxylation is 1. The van der Waals surface area contributed by atoms with E-state index in [0.29, 0.717) is 24.7 Å². The van der Waals surface area contributed by atoms with Crippen LogP contribution in [0.25, 0.3) is 11.1 Å². The molecule has 2 aliphatic heterocycles. The molecule has 8 nitrogen and oxygen atoms in total. The minimum Gasteiger partial charge on any atom is -0.387 e. The van der Waals surface area contributed by atoms with Crippen molar-refractivity contribution in [2.45, 2.75) is 19.6 Å². The van der Waals surface area contributed by atoms with Gasteiger partial charge < -0.3 is 15.2 Å². The first-order valence-electron chi connectivity index (χ1n) is 11.0. The quantitative estimate of drug-likeness (QED) is 0.576. The van der Waals surface area contributed by atoms with E-state index < -0.39 is 17.6 Å². The number of alkyl halides is 3. The fourth-order valence-electron chi connectivity index (χ4n) is 4.35. The van der Waals surface area contributed by atoms with Gasteiger partial charge in [-0.05, 0) is 42.3 Å². The smallest absolute Gasteiger partial charge is 0.387 e. The van der Waals surface area contributed by atoms with Crippen LogP contribution in [0, 0.1) is 0 Å². The van der Waals surface area contributed by atoms with Gasteiger partial charge in [0.1, 0.15) is 18.0 Å². The van der Waals surface area contributed by atoms with E-state index in [0.717, 1.165) is 22.8 Å². The number of carbonyl (C=O) groups excluding carboxylic acids is 1. The highest BCUT2D eigenvalue weighted by Crippen LogP contribution is 2.39. The van der Waals surface area contributed by atoms with E-state index >= 15 is 0 Å². The molecule has 0 spiro atoms. The molecule has 0 saturated heterocycles. The molecular formula is C24H22F3N7O. The summed E-state index contributed by atoms with van der Waals surface area (Å²) in [5, 5.41) is 14.5. The summed E-state index contributed by atoms with van der Waals surface area (Å²) in [6, 6.07) is 7.23. The van der Waals surface area contributed by atoms with Crippen LogP contribution in [-0.2, 0) is 19.8 Å². The molecule has 2 aromatic heterocycles. The summed E-state index contributed by atoms with van der Waals surface area (Å²) >= 11 is 0. The van der Waals surface area contributed by atoms with Crippen LogP contribution in [0.2, 0.25) is 0 Å². The summed E-state index contributed by atoms with van der Waals surface area (Å²) in [5.74, 6) is 0.916. The molecule has 2 N–H and O–H groups in total. The number of amides is 1. The molecule has 0 radical (unpaired) electrons. The monoisotopic (exact) mass is 481 g/mol. The van der Waals surface area contributed by atoms with Crippen LogP contribution in [-0.4, -0.2) is 38.7 Å². The number of benzene rings is 1. The zero-order valence-corrected chi connectivity index (χ0v) is 19.0. The Labute approximate surface area is 199 Å². The maximum Gasteiger partial charge on any atom is 0.416 e. The second kappa shape index (κ2) is 8.57. The average molecular weight is 481 g/mol. The number of nitrogens with zero attached hydrogens (tertiary/aromatic N) is 5. The van der Waals surface area contributed by atoms with Gasteiger partial charge in [0.15, 0.2) is 5.82 Å². The summed E-state index contributed by atoms with van der Waals surface area (Å²) < 4.78 is 42.6. The number of allylic oxidation sites excluding steroid dienone is 2. The second-order valence-corrected chi connectivity index (χ2v) is 8.20. The van der Waals surface area contributed by atoms with Crippen molar-refractivity contribution in [2.75, 3.05) is 23.3 Å². The lowest BCUT2D eigenvalue weighted by Gasteiger charge is -2.21. The average Bonchev–Trinajstić information content (AvgIpc) is 3.41. The molecular weight excluding hydrogens is 459 g/mol. The number of fused-ring (bicyclic) bond motifs is 1. The van der Waals surface area contributed by atoms with Gasteiger partial charge in [-0.25, -0.2) is 4.98 Å². The highest BCUT2D eigenvalue weighted by molar-refractivity contribution is 6.10. The van der Waals surface area contributed by atoms with Crippen molar-refractivity contribution in [3.8, 4) is 0 Å². The van der Waals surface area contributed by atoms with Crippen LogP contribution in [0.5, 0.6) is 0 Å². The van der Waals surface area contributed by atoms with Crippen molar-refractivity contribution in [2.24, 2.45) is 7.05 Å². The van der Waals surface area contributed by atoms with Crippen LogP contribution in [0.4, 0.5) is 24.8 Å². The van der Waals surface area contributed by atoms with Crippen molar-refractivity contribution >= 4 is 28.7 Å². The number of pyridine rings is 1. The van der Waals surface area contributed by atoms with Gasteiger partial charge in [-0.1, -0.05) is 12.1 Å². The maximum absolute atomic E-state index is 13.6. The molecule has 1 aromatic carbocycles. The molecule has 0 fully saturated rings. The van der Waals surface area contributed by atoms with E-state index in [1.54, 1.807) is 17.0 Å². The molecule has 3 aromatic rings. The van der Waals surface area contributed by atoms with E-state index in [1.165, 1.54) is 17.0 Å². The maximum atomic E-state index is 13.6. The summed E-state index contributed by atoms with van der Waals surface area (Å²) in [5.41, 5.74) is 1.57. The third-order valence-electron chi connectivity index (χ3n) is 5.94. The first-order valence-corrected chi connectivity index (χ1v) is 11.0. The molecule has 11 heteroatoms. The van der Waals surface area contributed by atoms with Crippen molar-refractivity contribution in [3.63, 3.8) is 0 Å². The molecule has 35 heavy (non-hydrogen) atoms. The Balaban J connectivity index is 1.58. The number of nitrogens with one attached hydrogen (secondary N) is 2. The van der Waals surface area contributed by atoms with Crippen LogP contribution in [0.3, 0.4) is 0 Å². The molecule has 4 heterocycles. The Bertz CT molecular complexity index is 1370. The zero-order chi connectivity index (χ0) is 24.7. The molecule has 5 rings (SSSR count). The van der Waals surface area contributed by atoms with Gasteiger partial charge in [0.25, 0.3) is 5.91 Å². The summed E-state index contributed by atoms with van der Waals surface area (Å²) in [6.07, 6.45) is 0.885. The van der Waals surface area contributed by atoms with Crippen LogP contribution < -0.4 is 15.5 Å². The van der Waals surface area contributed by atoms with Crippen LogP contribution in [0.15, 0.2) is 48.9 Å². The lowest BCUT2D eigenvalue weighted by molar-refractivity contribution is -0.138. The molecule has 0 aliphatic carbocycles. The van der Waals surface area contributed by atoms with E-state index in [-0.39, 0.29) is 23.5 Å². The van der Waals surface area contributed by atoms with Gasteiger partial charge >= 0.3 is 6.18 Å². The molecule has 2 aliphatic rings. The molecule has 180 valence electrons. The number of dihydropyridines is 1. The Morgan fingerprint density at radius 1 is 1.20 bits per heavy atom. The lowest BCUT2D eigenvalue weighted by atomic mass is 9.96. The van der Waals surface area contributed by atoms with Crippen molar-refractivity contribution in [3.05, 3.63) is 77.0 Å². The predicted molar refractivity (Wildman–Crippen MR) is 125 cm³/mol. The highest BCUT2D eigenvalue weighted by Gasteiger charge is 2.40. The summed E-state index contributed by atoms with van der Waals surface area (Å²) in [7, 11) is 1.84. The Hall–Kier alpha value is -4.15. The first-order chi connectivity index (χ1) is 16.8. The highest BCUT2D eigenvalue weighted by atomic mass is 19.4. The SMILES string of the molecule is CCNc1cc(C2=CNCC=C2c2nncn2C)cc(N2Cc3c(cccc3C(F)(F)F)C2=O)n1. The second-order valence-electron chi connectivity index (χ2n) is 8.20. The zero-order valence-electron chi connectivity index (χ0n) is 19.0. The third kappa shape index (κ3) is 4.02. The number of aromatic nitrogens is 4. The minimum atomic E-state index is -4.56. The Morgan fingerprint density at radius 2 is 2.03 bits per heavy atom. The van der Waals surface area contributed by atoms with E-state index in [9.17, 15) is 18.0 Å². The summed E-state index contributed by atoms with van der Waals surface area (Å²) in [4.78, 5) is 19.0. The number of anilines is 2. The molecule has 0 unspecified atom stereocenters. The van der Waals surface area contributed by atoms with E-state index in [2.05, 4.69) is 25.8 Å². The topological polar surface area (TPSA) is 88.0 Å². The largest absolute Gasteiger partial charge is 0.416 e. The minimum absolute atomic E-state index is 0.0373. The van der Waals surface area contributed by atoms with Gasteiger partial charge in [0.05, 0.1) is 12.1 Å². The fourth-order valence-corrected chi connectivity index (χ4v) is 4.35. The lowest BCUT2D eigenvalue weighted by Crippen LogP contribution is -2.25. The van der Waals surface area contributed by atoms with Gasteiger partial charge in [0, 0.05) is 43.0 Å². The van der Waals surface area contributed by atoms with E-state index in [1.807, 2.05) is 32.3 Å². The van der Waals surface area contributed by atoms with Crippen LogP contribution >= 0.6 is 0 Å². The van der Waals surface area contributed by atoms with Crippen LogP contribution in [0.1, 0.15) is 39.8 Å². The van der Waals surface area contributed by atoms with Gasteiger partial charge in [0.2, 0.25) is 0 Å². The summed E-state index contributed by atoms with van der Waals surface area (Å²) in [6.45, 7) is 2.87. The Kier molecular flexibility index (Phi) is 5.54. The Morgan fingerprint density at radius 3 is 2.74 bits per heavy atom. The third-order valence-corrected chi connectivity index (χ3v) is 5.94.